The van der Waals surface area contributed by atoms with Gasteiger partial charge in [0.25, 0.3) is 0 Å². The van der Waals surface area contributed by atoms with Crippen molar-refractivity contribution in [2.45, 2.75) is 13.5 Å². The Morgan fingerprint density at radius 2 is 1.77 bits per heavy atom. The van der Waals surface area contributed by atoms with Crippen LogP contribution >= 0.6 is 15.9 Å². The van der Waals surface area contributed by atoms with E-state index < -0.39 is 0 Å². The van der Waals surface area contributed by atoms with E-state index in [2.05, 4.69) is 31.3 Å². The van der Waals surface area contributed by atoms with Crippen LogP contribution in [-0.2, 0) is 6.54 Å². The Morgan fingerprint density at radius 3 is 2.45 bits per heavy atom. The predicted octanol–water partition coefficient (Wildman–Crippen LogP) is 3.29. The molecule has 0 saturated heterocycles. The van der Waals surface area contributed by atoms with E-state index in [1.165, 1.54) is 4.80 Å². The lowest BCUT2D eigenvalue weighted by Gasteiger charge is -2.00. The van der Waals surface area contributed by atoms with Gasteiger partial charge in [0.05, 0.1) is 0 Å². The molecule has 5 nitrogen and oxygen atoms in total. The number of ketones is 1. The maximum absolute atomic E-state index is 12.2. The zero-order valence-corrected chi connectivity index (χ0v) is 13.5. The summed E-state index contributed by atoms with van der Waals surface area (Å²) < 4.78 is 0.984. The second kappa shape index (κ2) is 6.19. The number of benzene rings is 2. The molecule has 0 amide bonds. The van der Waals surface area contributed by atoms with Crippen LogP contribution in [0, 0.1) is 6.92 Å². The summed E-state index contributed by atoms with van der Waals surface area (Å²) in [5.41, 5.74) is 2.62. The van der Waals surface area contributed by atoms with Crippen molar-refractivity contribution < 1.29 is 4.79 Å². The standard InChI is InChI=1S/C16H13BrN4O/c1-11-2-4-12(5-3-11)15(22)10-21-19-16(18-20-21)13-6-8-14(17)9-7-13/h2-9H,10H2,1H3. The normalized spacial score (nSPS) is 10.6. The fraction of sp³-hybridized carbons (Fsp3) is 0.125. The molecule has 6 heteroatoms. The number of hydrogen-bond acceptors (Lipinski definition) is 4. The molecule has 0 aliphatic heterocycles. The second-order valence-electron chi connectivity index (χ2n) is 4.94. The molecule has 3 rings (SSSR count). The minimum absolute atomic E-state index is 0.0419. The summed E-state index contributed by atoms with van der Waals surface area (Å²) in [5.74, 6) is 0.462. The summed E-state index contributed by atoms with van der Waals surface area (Å²) in [6, 6.07) is 15.1. The highest BCUT2D eigenvalue weighted by Crippen LogP contribution is 2.17. The van der Waals surface area contributed by atoms with Crippen LogP contribution in [0.5, 0.6) is 0 Å². The molecule has 0 aliphatic rings. The van der Waals surface area contributed by atoms with E-state index in [-0.39, 0.29) is 12.3 Å². The molecule has 1 aromatic heterocycles. The fourth-order valence-corrected chi connectivity index (χ4v) is 2.25. The number of Topliss-reactive ketones (excluding diaryl/α,β-unsaturated/α-hetero) is 1. The minimum Gasteiger partial charge on any atom is -0.292 e. The average Bonchev–Trinajstić information content (AvgIpc) is 2.97. The quantitative estimate of drug-likeness (QED) is 0.673. The van der Waals surface area contributed by atoms with Crippen LogP contribution in [0.1, 0.15) is 15.9 Å². The van der Waals surface area contributed by atoms with Gasteiger partial charge in [-0.2, -0.15) is 4.80 Å². The number of aryl methyl sites for hydroxylation is 1. The molecule has 0 N–H and O–H groups in total. The van der Waals surface area contributed by atoms with Crippen LogP contribution in [0.15, 0.2) is 53.0 Å². The SMILES string of the molecule is Cc1ccc(C(=O)Cn2nnc(-c3ccc(Br)cc3)n2)cc1. The number of aromatic nitrogens is 4. The van der Waals surface area contributed by atoms with Crippen LogP contribution < -0.4 is 0 Å². The molecule has 0 unspecified atom stereocenters. The van der Waals surface area contributed by atoms with Crippen LogP contribution in [0.25, 0.3) is 11.4 Å². The number of carbonyl (C=O) groups excluding carboxylic acids is 1. The van der Waals surface area contributed by atoms with Gasteiger partial charge in [-0.15, -0.1) is 10.2 Å². The van der Waals surface area contributed by atoms with Crippen LogP contribution in [0.3, 0.4) is 0 Å². The van der Waals surface area contributed by atoms with Crippen LogP contribution in [0.4, 0.5) is 0 Å². The lowest BCUT2D eigenvalue weighted by atomic mass is 10.1. The zero-order chi connectivity index (χ0) is 15.5. The molecule has 1 heterocycles. The molecular weight excluding hydrogens is 344 g/mol. The van der Waals surface area contributed by atoms with Gasteiger partial charge in [-0.1, -0.05) is 45.8 Å². The number of tetrazole rings is 1. The minimum atomic E-state index is -0.0419. The van der Waals surface area contributed by atoms with Crippen molar-refractivity contribution in [3.05, 3.63) is 64.1 Å². The Labute approximate surface area is 136 Å². The van der Waals surface area contributed by atoms with Crippen LogP contribution in [-0.4, -0.2) is 26.0 Å². The Balaban J connectivity index is 1.75. The van der Waals surface area contributed by atoms with Crippen molar-refractivity contribution in [1.82, 2.24) is 20.2 Å². The maximum atomic E-state index is 12.2. The van der Waals surface area contributed by atoms with Gasteiger partial charge in [0.2, 0.25) is 5.82 Å². The molecule has 0 saturated carbocycles. The molecule has 0 radical (unpaired) electrons. The highest BCUT2D eigenvalue weighted by molar-refractivity contribution is 9.10. The third-order valence-corrected chi connectivity index (χ3v) is 3.74. The van der Waals surface area contributed by atoms with Gasteiger partial charge in [0.1, 0.15) is 6.54 Å². The van der Waals surface area contributed by atoms with Crippen LogP contribution in [0.2, 0.25) is 0 Å². The van der Waals surface area contributed by atoms with Gasteiger partial charge in [-0.05, 0) is 36.4 Å². The molecule has 0 aliphatic carbocycles. The molecule has 2 aromatic carbocycles. The lowest BCUT2D eigenvalue weighted by Crippen LogP contribution is -2.13. The van der Waals surface area contributed by atoms with E-state index in [9.17, 15) is 4.79 Å². The first-order valence-electron chi connectivity index (χ1n) is 6.75. The average molecular weight is 357 g/mol. The molecule has 22 heavy (non-hydrogen) atoms. The largest absolute Gasteiger partial charge is 0.292 e. The van der Waals surface area contributed by atoms with Crippen molar-refractivity contribution in [1.29, 1.82) is 0 Å². The number of halogens is 1. The molecule has 0 atom stereocenters. The summed E-state index contributed by atoms with van der Waals surface area (Å²) in [6.07, 6.45) is 0. The number of hydrogen-bond donors (Lipinski definition) is 0. The first-order chi connectivity index (χ1) is 10.6. The summed E-state index contributed by atoms with van der Waals surface area (Å²) >= 11 is 3.38. The summed E-state index contributed by atoms with van der Waals surface area (Å²) in [5, 5.41) is 12.2. The van der Waals surface area contributed by atoms with Crippen molar-refractivity contribution >= 4 is 21.7 Å². The number of carbonyl (C=O) groups is 1. The smallest absolute Gasteiger partial charge is 0.204 e. The van der Waals surface area contributed by atoms with E-state index in [0.29, 0.717) is 11.4 Å². The van der Waals surface area contributed by atoms with Crippen molar-refractivity contribution in [3.63, 3.8) is 0 Å². The Kier molecular flexibility index (Phi) is 4.11. The van der Waals surface area contributed by atoms with Gasteiger partial charge < -0.3 is 0 Å². The number of nitrogens with zero attached hydrogens (tertiary/aromatic N) is 4. The summed E-state index contributed by atoms with van der Waals surface area (Å²) in [7, 11) is 0. The van der Waals surface area contributed by atoms with Crippen molar-refractivity contribution in [2.24, 2.45) is 0 Å². The van der Waals surface area contributed by atoms with E-state index in [1.54, 1.807) is 0 Å². The van der Waals surface area contributed by atoms with Gasteiger partial charge >= 0.3 is 0 Å². The maximum Gasteiger partial charge on any atom is 0.204 e. The zero-order valence-electron chi connectivity index (χ0n) is 11.9. The van der Waals surface area contributed by atoms with Gasteiger partial charge in [-0.25, -0.2) is 0 Å². The Hall–Kier alpha value is -2.34. The molecule has 0 bridgehead atoms. The van der Waals surface area contributed by atoms with E-state index in [4.69, 9.17) is 0 Å². The molecule has 3 aromatic rings. The van der Waals surface area contributed by atoms with Gasteiger partial charge in [0.15, 0.2) is 5.78 Å². The first-order valence-corrected chi connectivity index (χ1v) is 7.55. The Bertz CT molecular complexity index is 794. The molecule has 110 valence electrons. The van der Waals surface area contributed by atoms with E-state index in [0.717, 1.165) is 15.6 Å². The fourth-order valence-electron chi connectivity index (χ4n) is 1.98. The highest BCUT2D eigenvalue weighted by Gasteiger charge is 2.11. The Morgan fingerprint density at radius 1 is 1.09 bits per heavy atom. The van der Waals surface area contributed by atoms with E-state index >= 15 is 0 Å². The molecular formula is C16H13BrN4O. The van der Waals surface area contributed by atoms with Crippen molar-refractivity contribution in [3.8, 4) is 11.4 Å². The number of rotatable bonds is 4. The van der Waals surface area contributed by atoms with Gasteiger partial charge in [-0.3, -0.25) is 4.79 Å². The predicted molar refractivity (Wildman–Crippen MR) is 86.5 cm³/mol. The third kappa shape index (κ3) is 3.28. The first kappa shape index (κ1) is 14.6. The lowest BCUT2D eigenvalue weighted by molar-refractivity contribution is 0.0961. The van der Waals surface area contributed by atoms with E-state index in [1.807, 2.05) is 55.5 Å². The third-order valence-electron chi connectivity index (χ3n) is 3.21. The van der Waals surface area contributed by atoms with Crippen molar-refractivity contribution in [2.75, 3.05) is 0 Å². The molecule has 0 spiro atoms. The molecule has 0 fully saturated rings. The monoisotopic (exact) mass is 356 g/mol. The summed E-state index contributed by atoms with van der Waals surface area (Å²) in [6.45, 7) is 2.06. The topological polar surface area (TPSA) is 60.7 Å². The summed E-state index contributed by atoms with van der Waals surface area (Å²) in [4.78, 5) is 13.5. The van der Waals surface area contributed by atoms with Gasteiger partial charge in [0, 0.05) is 15.6 Å². The second-order valence-corrected chi connectivity index (χ2v) is 5.86. The highest BCUT2D eigenvalue weighted by atomic mass is 79.9.